The van der Waals surface area contributed by atoms with Crippen LogP contribution in [0.25, 0.3) is 6.08 Å². The molecule has 0 atom stereocenters. The molecule has 3 heteroatoms. The van der Waals surface area contributed by atoms with Crippen molar-refractivity contribution in [1.29, 1.82) is 0 Å². The van der Waals surface area contributed by atoms with Crippen molar-refractivity contribution >= 4 is 17.8 Å². The van der Waals surface area contributed by atoms with Crippen molar-refractivity contribution in [3.8, 4) is 0 Å². The van der Waals surface area contributed by atoms with Crippen molar-refractivity contribution in [3.05, 3.63) is 41.5 Å². The third-order valence-electron chi connectivity index (χ3n) is 2.86. The third kappa shape index (κ3) is 10.8. The van der Waals surface area contributed by atoms with Crippen LogP contribution in [0.5, 0.6) is 0 Å². The molecule has 0 unspecified atom stereocenters. The lowest BCUT2D eigenvalue weighted by atomic mass is 10.1. The molecule has 1 fully saturated rings. The summed E-state index contributed by atoms with van der Waals surface area (Å²) < 4.78 is 5.13. The summed E-state index contributed by atoms with van der Waals surface area (Å²) >= 11 is 0. The molecule has 1 aromatic carbocycles. The van der Waals surface area contributed by atoms with Gasteiger partial charge in [-0.1, -0.05) is 71.9 Å². The average Bonchev–Trinajstić information content (AvgIpc) is 3.48. The summed E-state index contributed by atoms with van der Waals surface area (Å²) in [5.74, 6) is -0.281. The number of carbonyl (C=O) groups excluding carboxylic acids is 2. The van der Waals surface area contributed by atoms with E-state index in [4.69, 9.17) is 4.74 Å². The zero-order valence-corrected chi connectivity index (χ0v) is 16.4. The molecule has 0 aliphatic heterocycles. The Hall–Kier alpha value is -1.90. The highest BCUT2D eigenvalue weighted by Crippen LogP contribution is 2.29. The molecule has 0 spiro atoms. The van der Waals surface area contributed by atoms with E-state index in [0.29, 0.717) is 12.5 Å². The molecule has 0 bridgehead atoms. The van der Waals surface area contributed by atoms with Crippen LogP contribution in [-0.4, -0.2) is 18.4 Å². The first kappa shape index (κ1) is 24.4. The van der Waals surface area contributed by atoms with E-state index in [0.717, 1.165) is 18.4 Å². The highest BCUT2D eigenvalue weighted by atomic mass is 16.5. The molecule has 24 heavy (non-hydrogen) atoms. The van der Waals surface area contributed by atoms with Crippen LogP contribution in [0.2, 0.25) is 0 Å². The predicted molar refractivity (Wildman–Crippen MR) is 103 cm³/mol. The molecule has 0 aromatic heterocycles. The number of esters is 1. The van der Waals surface area contributed by atoms with Crippen molar-refractivity contribution < 1.29 is 14.3 Å². The highest BCUT2D eigenvalue weighted by Gasteiger charge is 2.24. The molecule has 3 nitrogen and oxygen atoms in total. The van der Waals surface area contributed by atoms with Crippen LogP contribution in [0, 0.1) is 5.92 Å². The third-order valence-corrected chi connectivity index (χ3v) is 2.86. The van der Waals surface area contributed by atoms with E-state index in [-0.39, 0.29) is 11.4 Å². The smallest absolute Gasteiger partial charge is 0.341 e. The molecule has 136 valence electrons. The molecule has 0 N–H and O–H groups in total. The summed E-state index contributed by atoms with van der Waals surface area (Å²) in [6.45, 7) is 13.8. The molecule has 1 aliphatic carbocycles. The maximum absolute atomic E-state index is 11.8. The Morgan fingerprint density at radius 2 is 1.50 bits per heavy atom. The van der Waals surface area contributed by atoms with Gasteiger partial charge in [-0.15, -0.1) is 0 Å². The number of Topliss-reactive ketones (excluding diaryl/α,β-unsaturated/α-hetero) is 1. The van der Waals surface area contributed by atoms with Crippen molar-refractivity contribution in [2.75, 3.05) is 6.61 Å². The van der Waals surface area contributed by atoms with Crippen LogP contribution in [-0.2, 0) is 14.3 Å². The van der Waals surface area contributed by atoms with E-state index in [1.165, 1.54) is 6.92 Å². The number of hydrogen-bond donors (Lipinski definition) is 0. The highest BCUT2D eigenvalue weighted by molar-refractivity contribution is 6.19. The lowest BCUT2D eigenvalue weighted by Crippen LogP contribution is -2.15. The SMILES string of the molecule is CC.CC.CC.CC(=O)/C(=C\c1ccccc1)C(=O)OCC1CC1. The Balaban J connectivity index is 0. The van der Waals surface area contributed by atoms with Crippen LogP contribution >= 0.6 is 0 Å². The minimum Gasteiger partial charge on any atom is -0.462 e. The monoisotopic (exact) mass is 334 g/mol. The van der Waals surface area contributed by atoms with Crippen molar-refractivity contribution in [3.63, 3.8) is 0 Å². The number of hydrogen-bond acceptors (Lipinski definition) is 3. The van der Waals surface area contributed by atoms with Crippen molar-refractivity contribution in [2.24, 2.45) is 5.92 Å². The largest absolute Gasteiger partial charge is 0.462 e. The van der Waals surface area contributed by atoms with Gasteiger partial charge in [-0.25, -0.2) is 4.79 Å². The Morgan fingerprint density at radius 3 is 1.92 bits per heavy atom. The van der Waals surface area contributed by atoms with Crippen LogP contribution < -0.4 is 0 Å². The summed E-state index contributed by atoms with van der Waals surface area (Å²) in [5.41, 5.74) is 0.938. The molecule has 0 radical (unpaired) electrons. The second kappa shape index (κ2) is 16.0. The predicted octanol–water partition coefficient (Wildman–Crippen LogP) is 5.69. The molecule has 1 aromatic rings. The van der Waals surface area contributed by atoms with Crippen molar-refractivity contribution in [2.45, 2.75) is 61.3 Å². The average molecular weight is 335 g/mol. The van der Waals surface area contributed by atoms with Crippen LogP contribution in [0.15, 0.2) is 35.9 Å². The van der Waals surface area contributed by atoms with Gasteiger partial charge in [0.25, 0.3) is 0 Å². The number of benzene rings is 1. The minimum absolute atomic E-state index is 0.113. The van der Waals surface area contributed by atoms with Crippen LogP contribution in [0.4, 0.5) is 0 Å². The molecular weight excluding hydrogens is 300 g/mol. The maximum Gasteiger partial charge on any atom is 0.341 e. The Morgan fingerprint density at radius 1 is 1.00 bits per heavy atom. The molecule has 1 aliphatic rings. The first-order chi connectivity index (χ1) is 11.7. The van der Waals surface area contributed by atoms with Crippen molar-refractivity contribution in [1.82, 2.24) is 0 Å². The van der Waals surface area contributed by atoms with Gasteiger partial charge in [0.1, 0.15) is 5.57 Å². The summed E-state index contributed by atoms with van der Waals surface area (Å²) in [4.78, 5) is 23.3. The van der Waals surface area contributed by atoms with Gasteiger partial charge in [0.05, 0.1) is 6.61 Å². The molecule has 2 rings (SSSR count). The number of ether oxygens (including phenoxy) is 1. The van der Waals surface area contributed by atoms with Gasteiger partial charge in [0.15, 0.2) is 5.78 Å². The normalized spacial score (nSPS) is 12.2. The molecule has 1 saturated carbocycles. The van der Waals surface area contributed by atoms with Gasteiger partial charge in [-0.05, 0) is 37.3 Å². The van der Waals surface area contributed by atoms with Gasteiger partial charge in [-0.2, -0.15) is 0 Å². The fraction of sp³-hybridized carbons (Fsp3) is 0.524. The van der Waals surface area contributed by atoms with Gasteiger partial charge in [0.2, 0.25) is 0 Å². The van der Waals surface area contributed by atoms with Crippen LogP contribution in [0.3, 0.4) is 0 Å². The van der Waals surface area contributed by atoms with Gasteiger partial charge in [0, 0.05) is 0 Å². The summed E-state index contributed by atoms with van der Waals surface area (Å²) in [6, 6.07) is 9.29. The van der Waals surface area contributed by atoms with E-state index in [9.17, 15) is 9.59 Å². The van der Waals surface area contributed by atoms with E-state index >= 15 is 0 Å². The Labute approximate surface area is 148 Å². The zero-order chi connectivity index (χ0) is 19.0. The van der Waals surface area contributed by atoms with Gasteiger partial charge >= 0.3 is 5.97 Å². The maximum atomic E-state index is 11.8. The molecule has 0 amide bonds. The lowest BCUT2D eigenvalue weighted by molar-refractivity contribution is -0.140. The first-order valence-corrected chi connectivity index (χ1v) is 9.11. The first-order valence-electron chi connectivity index (χ1n) is 9.11. The fourth-order valence-electron chi connectivity index (χ4n) is 1.58. The quantitative estimate of drug-likeness (QED) is 0.301. The minimum atomic E-state index is -0.516. The summed E-state index contributed by atoms with van der Waals surface area (Å²) in [5, 5.41) is 0. The van der Waals surface area contributed by atoms with E-state index in [1.807, 2.05) is 71.9 Å². The second-order valence-corrected chi connectivity index (χ2v) is 4.57. The van der Waals surface area contributed by atoms with Crippen LogP contribution in [0.1, 0.15) is 66.9 Å². The lowest BCUT2D eigenvalue weighted by Gasteiger charge is -2.05. The van der Waals surface area contributed by atoms with Gasteiger partial charge < -0.3 is 4.74 Å². The zero-order valence-electron chi connectivity index (χ0n) is 16.4. The van der Waals surface area contributed by atoms with E-state index < -0.39 is 5.97 Å². The molecular formula is C21H34O3. The van der Waals surface area contributed by atoms with E-state index in [2.05, 4.69) is 0 Å². The van der Waals surface area contributed by atoms with E-state index in [1.54, 1.807) is 6.08 Å². The van der Waals surface area contributed by atoms with Gasteiger partial charge in [-0.3, -0.25) is 4.79 Å². The number of ketones is 1. The fourth-order valence-corrected chi connectivity index (χ4v) is 1.58. The topological polar surface area (TPSA) is 43.4 Å². The standard InChI is InChI=1S/C15H16O3.3C2H6/c1-11(16)14(9-12-5-3-2-4-6-12)15(17)18-10-13-7-8-13;3*1-2/h2-6,9,13H,7-8,10H2,1H3;3*1-2H3/b14-9+;;;. The number of carbonyl (C=O) groups is 2. The summed E-state index contributed by atoms with van der Waals surface area (Å²) in [6.07, 6.45) is 3.81. The Bertz CT molecular complexity index is 471. The molecule has 0 saturated heterocycles. The molecule has 0 heterocycles. The summed E-state index contributed by atoms with van der Waals surface area (Å²) in [7, 11) is 0. The number of rotatable bonds is 5. The Kier molecular flexibility index (Phi) is 16.2. The second-order valence-electron chi connectivity index (χ2n) is 4.57.